The minimum Gasteiger partial charge on any atom is -0.372 e. The van der Waals surface area contributed by atoms with Crippen molar-refractivity contribution in [2.75, 3.05) is 6.61 Å². The molecular formula is C15H26O2. The first kappa shape index (κ1) is 12.0. The van der Waals surface area contributed by atoms with Gasteiger partial charge in [-0.3, -0.25) is 0 Å². The average Bonchev–Trinajstić information content (AvgIpc) is 2.83. The molecule has 2 saturated heterocycles. The minimum absolute atomic E-state index is 0.0923. The Morgan fingerprint density at radius 2 is 1.71 bits per heavy atom. The number of hydrogen-bond donors (Lipinski definition) is 0. The average molecular weight is 238 g/mol. The lowest BCUT2D eigenvalue weighted by molar-refractivity contribution is -0.143. The van der Waals surface area contributed by atoms with E-state index in [0.717, 1.165) is 6.61 Å². The van der Waals surface area contributed by atoms with Crippen LogP contribution in [-0.2, 0) is 9.47 Å². The Labute approximate surface area is 105 Å². The maximum atomic E-state index is 6.30. The van der Waals surface area contributed by atoms with Gasteiger partial charge in [0.1, 0.15) is 6.10 Å². The zero-order valence-corrected chi connectivity index (χ0v) is 11.7. The predicted molar refractivity (Wildman–Crippen MR) is 68.0 cm³/mol. The SMILES string of the molecule is CC1(C)CCC[C@@]2(C)OC[C@@H]3O[C@]3(C)CC[C@H]12. The Balaban J connectivity index is 1.84. The van der Waals surface area contributed by atoms with Crippen LogP contribution >= 0.6 is 0 Å². The number of fused-ring (bicyclic) bond motifs is 2. The Hall–Kier alpha value is -0.0800. The third-order valence-electron chi connectivity index (χ3n) is 5.70. The molecule has 0 radical (unpaired) electrons. The lowest BCUT2D eigenvalue weighted by Gasteiger charge is -2.51. The molecule has 4 atom stereocenters. The molecule has 98 valence electrons. The van der Waals surface area contributed by atoms with Crippen molar-refractivity contribution in [1.29, 1.82) is 0 Å². The molecule has 0 N–H and O–H groups in total. The number of rotatable bonds is 0. The normalized spacial score (nSPS) is 52.9. The lowest BCUT2D eigenvalue weighted by atomic mass is 9.59. The van der Waals surface area contributed by atoms with Crippen LogP contribution in [0, 0.1) is 11.3 Å². The molecule has 3 aliphatic rings. The quantitative estimate of drug-likeness (QED) is 0.602. The summed E-state index contributed by atoms with van der Waals surface area (Å²) in [5, 5.41) is 0. The molecule has 0 aromatic heterocycles. The van der Waals surface area contributed by atoms with Gasteiger partial charge in [-0.25, -0.2) is 0 Å². The van der Waals surface area contributed by atoms with Gasteiger partial charge < -0.3 is 9.47 Å². The zero-order valence-electron chi connectivity index (χ0n) is 11.7. The highest BCUT2D eigenvalue weighted by Crippen LogP contribution is 2.54. The van der Waals surface area contributed by atoms with Crippen molar-refractivity contribution in [2.45, 2.75) is 77.1 Å². The van der Waals surface area contributed by atoms with Crippen LogP contribution in [0.3, 0.4) is 0 Å². The van der Waals surface area contributed by atoms with E-state index in [-0.39, 0.29) is 11.2 Å². The van der Waals surface area contributed by atoms with Gasteiger partial charge in [0, 0.05) is 0 Å². The highest BCUT2D eigenvalue weighted by molar-refractivity contribution is 5.05. The van der Waals surface area contributed by atoms with Crippen molar-refractivity contribution in [2.24, 2.45) is 11.3 Å². The molecule has 2 nitrogen and oxygen atoms in total. The summed E-state index contributed by atoms with van der Waals surface area (Å²) in [7, 11) is 0. The fraction of sp³-hybridized carbons (Fsp3) is 1.00. The first-order valence-corrected chi connectivity index (χ1v) is 7.18. The summed E-state index contributed by atoms with van der Waals surface area (Å²) in [5.74, 6) is 0.686. The third-order valence-corrected chi connectivity index (χ3v) is 5.70. The number of epoxide rings is 1. The zero-order chi connectivity index (χ0) is 12.3. The lowest BCUT2D eigenvalue weighted by Crippen LogP contribution is -2.50. The van der Waals surface area contributed by atoms with Gasteiger partial charge in [-0.1, -0.05) is 20.3 Å². The van der Waals surface area contributed by atoms with Crippen LogP contribution in [0.2, 0.25) is 0 Å². The Bertz CT molecular complexity index is 325. The molecule has 0 unspecified atom stereocenters. The van der Waals surface area contributed by atoms with Gasteiger partial charge in [0.05, 0.1) is 17.8 Å². The summed E-state index contributed by atoms with van der Waals surface area (Å²) >= 11 is 0. The molecule has 3 fully saturated rings. The summed E-state index contributed by atoms with van der Waals surface area (Å²) in [4.78, 5) is 0. The molecule has 1 aliphatic carbocycles. The van der Waals surface area contributed by atoms with Crippen molar-refractivity contribution in [3.05, 3.63) is 0 Å². The van der Waals surface area contributed by atoms with Gasteiger partial charge in [-0.2, -0.15) is 0 Å². The Kier molecular flexibility index (Phi) is 2.45. The van der Waals surface area contributed by atoms with E-state index in [1.54, 1.807) is 0 Å². The molecule has 17 heavy (non-hydrogen) atoms. The van der Waals surface area contributed by atoms with Crippen molar-refractivity contribution in [3.8, 4) is 0 Å². The van der Waals surface area contributed by atoms with Crippen LogP contribution in [0.4, 0.5) is 0 Å². The summed E-state index contributed by atoms with van der Waals surface area (Å²) < 4.78 is 12.1. The highest BCUT2D eigenvalue weighted by atomic mass is 16.6. The van der Waals surface area contributed by atoms with Gasteiger partial charge in [0.15, 0.2) is 0 Å². The second-order valence-electron chi connectivity index (χ2n) is 7.48. The molecular weight excluding hydrogens is 212 g/mol. The molecule has 0 aromatic rings. The molecule has 3 rings (SSSR count). The van der Waals surface area contributed by atoms with Gasteiger partial charge in [-0.15, -0.1) is 0 Å². The van der Waals surface area contributed by atoms with E-state index in [1.165, 1.54) is 32.1 Å². The molecule has 2 aliphatic heterocycles. The third kappa shape index (κ3) is 1.84. The highest BCUT2D eigenvalue weighted by Gasteiger charge is 2.57. The van der Waals surface area contributed by atoms with Crippen LogP contribution < -0.4 is 0 Å². The molecule has 0 bridgehead atoms. The van der Waals surface area contributed by atoms with E-state index in [4.69, 9.17) is 9.47 Å². The summed E-state index contributed by atoms with van der Waals surface area (Å²) in [5.41, 5.74) is 0.648. The first-order valence-electron chi connectivity index (χ1n) is 7.18. The maximum absolute atomic E-state index is 6.30. The molecule has 0 spiro atoms. The van der Waals surface area contributed by atoms with Crippen molar-refractivity contribution in [1.82, 2.24) is 0 Å². The van der Waals surface area contributed by atoms with E-state index in [1.807, 2.05) is 0 Å². The van der Waals surface area contributed by atoms with Gasteiger partial charge >= 0.3 is 0 Å². The van der Waals surface area contributed by atoms with E-state index < -0.39 is 0 Å². The van der Waals surface area contributed by atoms with Gasteiger partial charge in [0.2, 0.25) is 0 Å². The fourth-order valence-electron chi connectivity index (χ4n) is 4.36. The Morgan fingerprint density at radius 3 is 2.47 bits per heavy atom. The van der Waals surface area contributed by atoms with Gasteiger partial charge in [-0.05, 0) is 50.9 Å². The van der Waals surface area contributed by atoms with E-state index in [9.17, 15) is 0 Å². The van der Waals surface area contributed by atoms with Crippen LogP contribution in [0.25, 0.3) is 0 Å². The van der Waals surface area contributed by atoms with Crippen LogP contribution in [-0.4, -0.2) is 23.9 Å². The van der Waals surface area contributed by atoms with Gasteiger partial charge in [0.25, 0.3) is 0 Å². The number of hydrogen-bond acceptors (Lipinski definition) is 2. The topological polar surface area (TPSA) is 21.8 Å². The monoisotopic (exact) mass is 238 g/mol. The Morgan fingerprint density at radius 1 is 0.941 bits per heavy atom. The van der Waals surface area contributed by atoms with Crippen molar-refractivity contribution in [3.63, 3.8) is 0 Å². The second-order valence-corrected chi connectivity index (χ2v) is 7.48. The molecule has 2 heterocycles. The van der Waals surface area contributed by atoms with E-state index in [0.29, 0.717) is 17.4 Å². The smallest absolute Gasteiger partial charge is 0.110 e. The molecule has 0 amide bonds. The fourth-order valence-corrected chi connectivity index (χ4v) is 4.36. The predicted octanol–water partition coefficient (Wildman–Crippen LogP) is 3.54. The minimum atomic E-state index is 0.0923. The standard InChI is InChI=1S/C15H26O2/c1-13(2)7-5-8-14(3)11(13)6-9-15(4)12(17-15)10-16-14/h11-12H,5-10H2,1-4H3/t11-,12+,14-,15-/m1/s1. The maximum Gasteiger partial charge on any atom is 0.110 e. The van der Waals surface area contributed by atoms with Crippen molar-refractivity contribution < 1.29 is 9.47 Å². The summed E-state index contributed by atoms with van der Waals surface area (Å²) in [6.07, 6.45) is 6.72. The first-order chi connectivity index (χ1) is 7.86. The summed E-state index contributed by atoms with van der Waals surface area (Å²) in [6.45, 7) is 10.2. The van der Waals surface area contributed by atoms with Crippen LogP contribution in [0.1, 0.15) is 59.8 Å². The van der Waals surface area contributed by atoms with E-state index in [2.05, 4.69) is 27.7 Å². The van der Waals surface area contributed by atoms with E-state index >= 15 is 0 Å². The largest absolute Gasteiger partial charge is 0.372 e. The van der Waals surface area contributed by atoms with Crippen molar-refractivity contribution >= 4 is 0 Å². The molecule has 0 aromatic carbocycles. The van der Waals surface area contributed by atoms with Crippen LogP contribution in [0.15, 0.2) is 0 Å². The summed E-state index contributed by atoms with van der Waals surface area (Å²) in [6, 6.07) is 0. The molecule has 2 heteroatoms. The second kappa shape index (κ2) is 3.48. The van der Waals surface area contributed by atoms with Crippen LogP contribution in [0.5, 0.6) is 0 Å². The number of ether oxygens (including phenoxy) is 2. The molecule has 1 saturated carbocycles.